The molecule has 118 valence electrons. The largest absolute Gasteiger partial charge is 0.424 e. The van der Waals surface area contributed by atoms with Crippen molar-refractivity contribution in [3.63, 3.8) is 0 Å². The van der Waals surface area contributed by atoms with Crippen LogP contribution in [0.4, 0.5) is 0 Å². The Bertz CT molecular complexity index is 682. The van der Waals surface area contributed by atoms with Crippen molar-refractivity contribution in [3.05, 3.63) is 28.2 Å². The Morgan fingerprint density at radius 3 is 2.36 bits per heavy atom. The van der Waals surface area contributed by atoms with Crippen LogP contribution in [0.15, 0.2) is 18.2 Å². The van der Waals surface area contributed by atoms with Crippen LogP contribution >= 0.6 is 23.2 Å². The fraction of sp³-hybridized carbons (Fsp3) is 0.529. The molecule has 2 atom stereocenters. The van der Waals surface area contributed by atoms with Gasteiger partial charge in [-0.15, -0.1) is 0 Å². The highest BCUT2D eigenvalue weighted by molar-refractivity contribution is 6.35. The lowest BCUT2D eigenvalue weighted by molar-refractivity contribution is -0.151. The van der Waals surface area contributed by atoms with E-state index in [0.717, 1.165) is 6.42 Å². The molecule has 0 saturated heterocycles. The summed E-state index contributed by atoms with van der Waals surface area (Å²) in [5.41, 5.74) is -1.63. The summed E-state index contributed by atoms with van der Waals surface area (Å²) in [5.74, 6) is 0.0772. The molecule has 2 fully saturated rings. The zero-order valence-corrected chi connectivity index (χ0v) is 14.3. The predicted octanol–water partition coefficient (Wildman–Crippen LogP) is 4.68. The zero-order valence-electron chi connectivity index (χ0n) is 12.8. The molecule has 0 amide bonds. The summed E-state index contributed by atoms with van der Waals surface area (Å²) in [4.78, 5) is 25.3. The quantitative estimate of drug-likeness (QED) is 0.579. The van der Waals surface area contributed by atoms with E-state index in [4.69, 9.17) is 27.9 Å². The van der Waals surface area contributed by atoms with Crippen molar-refractivity contribution in [1.82, 2.24) is 0 Å². The van der Waals surface area contributed by atoms with Crippen molar-refractivity contribution < 1.29 is 14.3 Å². The van der Waals surface area contributed by atoms with Crippen molar-refractivity contribution in [2.24, 2.45) is 16.2 Å². The third-order valence-electron chi connectivity index (χ3n) is 6.19. The predicted molar refractivity (Wildman–Crippen MR) is 85.3 cm³/mol. The van der Waals surface area contributed by atoms with Crippen molar-refractivity contribution in [3.8, 4) is 5.75 Å². The lowest BCUT2D eigenvalue weighted by Gasteiger charge is -2.37. The first-order chi connectivity index (χ1) is 10.1. The number of fused-ring (bicyclic) bond motifs is 2. The van der Waals surface area contributed by atoms with Crippen molar-refractivity contribution in [1.29, 1.82) is 0 Å². The van der Waals surface area contributed by atoms with E-state index in [-0.39, 0.29) is 23.9 Å². The van der Waals surface area contributed by atoms with Crippen molar-refractivity contribution in [2.75, 3.05) is 0 Å². The fourth-order valence-corrected chi connectivity index (χ4v) is 4.51. The van der Waals surface area contributed by atoms with Gasteiger partial charge >= 0.3 is 5.97 Å². The van der Waals surface area contributed by atoms with E-state index >= 15 is 0 Å². The zero-order chi connectivity index (χ0) is 16.3. The topological polar surface area (TPSA) is 43.4 Å². The minimum Gasteiger partial charge on any atom is -0.424 e. The third-order valence-corrected chi connectivity index (χ3v) is 6.72. The normalized spacial score (nSPS) is 32.3. The molecule has 3 rings (SSSR count). The highest BCUT2D eigenvalue weighted by atomic mass is 35.5. The first-order valence-electron chi connectivity index (χ1n) is 7.35. The lowest BCUT2D eigenvalue weighted by atomic mass is 9.65. The molecule has 5 heteroatoms. The molecule has 0 radical (unpaired) electrons. The number of Topliss-reactive ketones (excluding diaryl/α,β-unsaturated/α-hetero) is 1. The summed E-state index contributed by atoms with van der Waals surface area (Å²) >= 11 is 11.9. The molecule has 1 aromatic carbocycles. The number of carbonyl (C=O) groups is 2. The molecule has 0 unspecified atom stereocenters. The van der Waals surface area contributed by atoms with E-state index in [1.54, 1.807) is 12.1 Å². The van der Waals surface area contributed by atoms with E-state index in [1.165, 1.54) is 6.07 Å². The first kappa shape index (κ1) is 15.8. The Hall–Kier alpha value is -1.06. The van der Waals surface area contributed by atoms with E-state index in [9.17, 15) is 9.59 Å². The fourth-order valence-electron chi connectivity index (χ4n) is 4.07. The van der Waals surface area contributed by atoms with Gasteiger partial charge in [0.2, 0.25) is 0 Å². The Morgan fingerprint density at radius 2 is 1.86 bits per heavy atom. The number of ketones is 1. The van der Waals surface area contributed by atoms with Crippen LogP contribution in [-0.4, -0.2) is 11.8 Å². The summed E-state index contributed by atoms with van der Waals surface area (Å²) in [6.07, 6.45) is 1.65. The number of hydrogen-bond donors (Lipinski definition) is 0. The SMILES string of the molecule is CC1(C)[C@]2(C(=O)Oc3ccc(Cl)cc3Cl)CC[C@]1(C)C(=O)C2. The Balaban J connectivity index is 1.94. The van der Waals surface area contributed by atoms with Crippen LogP contribution in [0.2, 0.25) is 10.0 Å². The summed E-state index contributed by atoms with van der Waals surface area (Å²) < 4.78 is 5.55. The van der Waals surface area contributed by atoms with Crippen LogP contribution in [-0.2, 0) is 9.59 Å². The van der Waals surface area contributed by atoms with Gasteiger partial charge in [-0.1, -0.05) is 44.0 Å². The van der Waals surface area contributed by atoms with Gasteiger partial charge in [0.15, 0.2) is 0 Å². The average Bonchev–Trinajstić information content (AvgIpc) is 2.72. The van der Waals surface area contributed by atoms with E-state index in [2.05, 4.69) is 0 Å². The second kappa shape index (κ2) is 4.72. The number of esters is 1. The molecular weight excluding hydrogens is 323 g/mol. The number of hydrogen-bond acceptors (Lipinski definition) is 3. The smallest absolute Gasteiger partial charge is 0.318 e. The van der Waals surface area contributed by atoms with Crippen molar-refractivity contribution in [2.45, 2.75) is 40.0 Å². The minimum absolute atomic E-state index is 0.155. The molecule has 2 aliphatic carbocycles. The van der Waals surface area contributed by atoms with Gasteiger partial charge in [-0.3, -0.25) is 9.59 Å². The Labute approximate surface area is 139 Å². The van der Waals surface area contributed by atoms with E-state index in [0.29, 0.717) is 16.5 Å². The molecule has 2 bridgehead atoms. The summed E-state index contributed by atoms with van der Waals surface area (Å²) in [6.45, 7) is 5.96. The van der Waals surface area contributed by atoms with Gasteiger partial charge in [0, 0.05) is 16.9 Å². The standard InChI is InChI=1S/C17H18Cl2O3/c1-15(2)16(3)6-7-17(15,9-13(16)20)14(21)22-12-5-4-10(18)8-11(12)19/h4-5,8H,6-7,9H2,1-3H3/t16-,17-/m1/s1. The monoisotopic (exact) mass is 340 g/mol. The number of carbonyl (C=O) groups excluding carboxylic acids is 2. The molecule has 0 aromatic heterocycles. The highest BCUT2D eigenvalue weighted by Crippen LogP contribution is 2.70. The second-order valence-corrected chi connectivity index (χ2v) is 7.95. The van der Waals surface area contributed by atoms with Gasteiger partial charge in [-0.2, -0.15) is 0 Å². The Kier molecular flexibility index (Phi) is 3.39. The van der Waals surface area contributed by atoms with Gasteiger partial charge < -0.3 is 4.74 Å². The van der Waals surface area contributed by atoms with E-state index < -0.39 is 16.2 Å². The van der Waals surface area contributed by atoms with Gasteiger partial charge in [0.05, 0.1) is 10.4 Å². The molecule has 0 N–H and O–H groups in total. The maximum Gasteiger partial charge on any atom is 0.318 e. The molecule has 0 heterocycles. The number of ether oxygens (including phenoxy) is 1. The molecule has 1 aromatic rings. The number of rotatable bonds is 2. The molecule has 22 heavy (non-hydrogen) atoms. The maximum absolute atomic E-state index is 12.9. The van der Waals surface area contributed by atoms with E-state index in [1.807, 2.05) is 20.8 Å². The molecule has 2 saturated carbocycles. The van der Waals surface area contributed by atoms with Crippen LogP contribution in [0.5, 0.6) is 5.75 Å². The van der Waals surface area contributed by atoms with Crippen LogP contribution in [0.1, 0.15) is 40.0 Å². The molecule has 0 spiro atoms. The van der Waals surface area contributed by atoms with Crippen LogP contribution < -0.4 is 4.74 Å². The molecule has 0 aliphatic heterocycles. The lowest BCUT2D eigenvalue weighted by Crippen LogP contribution is -2.42. The summed E-state index contributed by atoms with van der Waals surface area (Å²) in [7, 11) is 0. The second-order valence-electron chi connectivity index (χ2n) is 7.10. The third kappa shape index (κ3) is 1.82. The highest BCUT2D eigenvalue weighted by Gasteiger charge is 2.73. The maximum atomic E-state index is 12.9. The Morgan fingerprint density at radius 1 is 1.18 bits per heavy atom. The van der Waals surface area contributed by atoms with Gasteiger partial charge in [0.1, 0.15) is 11.5 Å². The minimum atomic E-state index is -0.762. The van der Waals surface area contributed by atoms with Gasteiger partial charge in [-0.25, -0.2) is 0 Å². The van der Waals surface area contributed by atoms with Gasteiger partial charge in [0.25, 0.3) is 0 Å². The van der Waals surface area contributed by atoms with Crippen LogP contribution in [0, 0.1) is 16.2 Å². The van der Waals surface area contributed by atoms with Crippen LogP contribution in [0.3, 0.4) is 0 Å². The molecule has 2 aliphatic rings. The number of benzene rings is 1. The molecular formula is C17H18Cl2O3. The first-order valence-corrected chi connectivity index (χ1v) is 8.10. The summed E-state index contributed by atoms with van der Waals surface area (Å²) in [6, 6.07) is 4.74. The van der Waals surface area contributed by atoms with Gasteiger partial charge in [-0.05, 0) is 36.5 Å². The summed E-state index contributed by atoms with van der Waals surface area (Å²) in [5, 5.41) is 0.771. The van der Waals surface area contributed by atoms with Crippen molar-refractivity contribution >= 4 is 35.0 Å². The molecule has 3 nitrogen and oxygen atoms in total. The van der Waals surface area contributed by atoms with Crippen LogP contribution in [0.25, 0.3) is 0 Å². The average molecular weight is 341 g/mol. The number of halogens is 2.